The summed E-state index contributed by atoms with van der Waals surface area (Å²) in [6, 6.07) is 1.88. The molecule has 1 aromatic heterocycles. The van der Waals surface area contributed by atoms with Crippen LogP contribution in [0.2, 0.25) is 0 Å². The molecule has 18 heavy (non-hydrogen) atoms. The van der Waals surface area contributed by atoms with Crippen molar-refractivity contribution in [3.8, 4) is 0 Å². The predicted octanol–water partition coefficient (Wildman–Crippen LogP) is 0.113. The first kappa shape index (κ1) is 13.2. The molecule has 1 aliphatic heterocycles. The van der Waals surface area contributed by atoms with Gasteiger partial charge in [0.2, 0.25) is 10.0 Å². The number of hydrogen-bond acceptors (Lipinski definition) is 5. The molecule has 0 saturated carbocycles. The van der Waals surface area contributed by atoms with E-state index >= 15 is 0 Å². The van der Waals surface area contributed by atoms with Crippen molar-refractivity contribution in [1.29, 1.82) is 0 Å². The van der Waals surface area contributed by atoms with Crippen molar-refractivity contribution in [1.82, 2.24) is 14.3 Å². The van der Waals surface area contributed by atoms with Gasteiger partial charge in [-0.15, -0.1) is 0 Å². The molecule has 0 bridgehead atoms. The maximum absolute atomic E-state index is 11.3. The first-order chi connectivity index (χ1) is 8.36. The third-order valence-corrected chi connectivity index (χ3v) is 4.41. The van der Waals surface area contributed by atoms with Crippen molar-refractivity contribution in [2.24, 2.45) is 5.92 Å². The molecule has 0 N–H and O–H groups in total. The van der Waals surface area contributed by atoms with E-state index in [0.29, 0.717) is 12.5 Å². The van der Waals surface area contributed by atoms with Gasteiger partial charge in [0.15, 0.2) is 0 Å². The lowest BCUT2D eigenvalue weighted by Gasteiger charge is -2.41. The van der Waals surface area contributed by atoms with Crippen LogP contribution in [0.1, 0.15) is 5.82 Å². The van der Waals surface area contributed by atoms with E-state index in [9.17, 15) is 8.42 Å². The normalized spacial score (nSPS) is 17.0. The molecule has 0 unspecified atom stereocenters. The second kappa shape index (κ2) is 4.81. The molecule has 7 heteroatoms. The van der Waals surface area contributed by atoms with Gasteiger partial charge in [0.05, 0.1) is 6.26 Å². The Kier molecular flexibility index (Phi) is 3.54. The van der Waals surface area contributed by atoms with Gasteiger partial charge in [0.1, 0.15) is 11.6 Å². The summed E-state index contributed by atoms with van der Waals surface area (Å²) >= 11 is 0. The highest BCUT2D eigenvalue weighted by Crippen LogP contribution is 2.23. The molecule has 0 spiro atoms. The molecule has 100 valence electrons. The average molecular weight is 270 g/mol. The second-order valence-electron chi connectivity index (χ2n) is 4.78. The Bertz CT molecular complexity index is 526. The molecule has 0 radical (unpaired) electrons. The molecule has 0 amide bonds. The maximum atomic E-state index is 11.3. The Labute approximate surface area is 108 Å². The zero-order valence-electron chi connectivity index (χ0n) is 10.9. The number of aromatic nitrogens is 2. The monoisotopic (exact) mass is 270 g/mol. The summed E-state index contributed by atoms with van der Waals surface area (Å²) in [4.78, 5) is 10.5. The van der Waals surface area contributed by atoms with Gasteiger partial charge in [0, 0.05) is 38.8 Å². The second-order valence-corrected chi connectivity index (χ2v) is 6.87. The van der Waals surface area contributed by atoms with Gasteiger partial charge in [-0.3, -0.25) is 0 Å². The summed E-state index contributed by atoms with van der Waals surface area (Å²) < 4.78 is 24.0. The van der Waals surface area contributed by atoms with Crippen molar-refractivity contribution in [2.75, 3.05) is 37.8 Å². The standard InChI is InChI=1S/C11H18N4O2S/c1-9-12-5-4-11(13-9)15-7-10(8-15)6-14(2)18(3,16)17/h4-5,10H,6-8H2,1-3H3. The van der Waals surface area contributed by atoms with Crippen LogP contribution in [0.15, 0.2) is 12.3 Å². The molecule has 2 heterocycles. The van der Waals surface area contributed by atoms with Crippen LogP contribution in [0.5, 0.6) is 0 Å². The molecule has 1 aliphatic rings. The Morgan fingerprint density at radius 2 is 2.17 bits per heavy atom. The van der Waals surface area contributed by atoms with Crippen LogP contribution in [0.4, 0.5) is 5.82 Å². The van der Waals surface area contributed by atoms with Crippen molar-refractivity contribution >= 4 is 15.8 Å². The van der Waals surface area contributed by atoms with Crippen molar-refractivity contribution in [3.05, 3.63) is 18.1 Å². The SMILES string of the molecule is Cc1nccc(N2CC(CN(C)S(C)(=O)=O)C2)n1. The molecule has 6 nitrogen and oxygen atoms in total. The van der Waals surface area contributed by atoms with Crippen LogP contribution in [-0.4, -0.2) is 55.6 Å². The van der Waals surface area contributed by atoms with E-state index in [1.807, 2.05) is 13.0 Å². The summed E-state index contributed by atoms with van der Waals surface area (Å²) in [7, 11) is -1.46. The Hall–Kier alpha value is -1.21. The minimum absolute atomic E-state index is 0.375. The van der Waals surface area contributed by atoms with Gasteiger partial charge in [-0.25, -0.2) is 22.7 Å². The van der Waals surface area contributed by atoms with Crippen molar-refractivity contribution < 1.29 is 8.42 Å². The molecule has 1 saturated heterocycles. The lowest BCUT2D eigenvalue weighted by Crippen LogP contribution is -2.52. The quantitative estimate of drug-likeness (QED) is 0.777. The minimum atomic E-state index is -3.07. The highest BCUT2D eigenvalue weighted by atomic mass is 32.2. The fourth-order valence-electron chi connectivity index (χ4n) is 1.99. The van der Waals surface area contributed by atoms with Gasteiger partial charge >= 0.3 is 0 Å². The highest BCUT2D eigenvalue weighted by Gasteiger charge is 2.30. The lowest BCUT2D eigenvalue weighted by atomic mass is 10.0. The molecule has 0 aliphatic carbocycles. The first-order valence-electron chi connectivity index (χ1n) is 5.82. The van der Waals surface area contributed by atoms with E-state index in [-0.39, 0.29) is 0 Å². The Morgan fingerprint density at radius 1 is 1.50 bits per heavy atom. The summed E-state index contributed by atoms with van der Waals surface area (Å²) in [6.45, 7) is 4.12. The third kappa shape index (κ3) is 2.97. The van der Waals surface area contributed by atoms with Gasteiger partial charge in [-0.05, 0) is 13.0 Å². The van der Waals surface area contributed by atoms with Crippen LogP contribution in [0.25, 0.3) is 0 Å². The van der Waals surface area contributed by atoms with Crippen molar-refractivity contribution in [3.63, 3.8) is 0 Å². The molecule has 1 aromatic rings. The third-order valence-electron chi connectivity index (χ3n) is 3.12. The number of rotatable bonds is 4. The highest BCUT2D eigenvalue weighted by molar-refractivity contribution is 7.88. The lowest BCUT2D eigenvalue weighted by molar-refractivity contribution is 0.327. The van der Waals surface area contributed by atoms with Crippen LogP contribution in [0.3, 0.4) is 0 Å². The average Bonchev–Trinajstić information content (AvgIpc) is 2.20. The predicted molar refractivity (Wildman–Crippen MR) is 69.9 cm³/mol. The number of nitrogens with zero attached hydrogens (tertiary/aromatic N) is 4. The molecule has 0 atom stereocenters. The number of aryl methyl sites for hydroxylation is 1. The van der Waals surface area contributed by atoms with E-state index in [0.717, 1.165) is 24.7 Å². The van der Waals surface area contributed by atoms with Crippen LogP contribution >= 0.6 is 0 Å². The largest absolute Gasteiger partial charge is 0.356 e. The van der Waals surface area contributed by atoms with E-state index in [1.165, 1.54) is 10.6 Å². The molecule has 1 fully saturated rings. The van der Waals surface area contributed by atoms with E-state index in [4.69, 9.17) is 0 Å². The maximum Gasteiger partial charge on any atom is 0.210 e. The zero-order chi connectivity index (χ0) is 13.3. The number of hydrogen-bond donors (Lipinski definition) is 0. The van der Waals surface area contributed by atoms with E-state index < -0.39 is 10.0 Å². The van der Waals surface area contributed by atoms with E-state index in [1.54, 1.807) is 13.2 Å². The molecular formula is C11H18N4O2S. The molecule has 0 aromatic carbocycles. The smallest absolute Gasteiger partial charge is 0.210 e. The summed E-state index contributed by atoms with van der Waals surface area (Å²) in [5.74, 6) is 2.05. The number of anilines is 1. The van der Waals surface area contributed by atoms with E-state index in [2.05, 4.69) is 14.9 Å². The summed E-state index contributed by atoms with van der Waals surface area (Å²) in [5, 5.41) is 0. The fraction of sp³-hybridized carbons (Fsp3) is 0.636. The van der Waals surface area contributed by atoms with Gasteiger partial charge < -0.3 is 4.90 Å². The zero-order valence-corrected chi connectivity index (χ0v) is 11.7. The first-order valence-corrected chi connectivity index (χ1v) is 7.67. The fourth-order valence-corrected chi connectivity index (χ4v) is 2.47. The number of sulfonamides is 1. The molecule has 2 rings (SSSR count). The summed E-state index contributed by atoms with van der Waals surface area (Å²) in [5.41, 5.74) is 0. The Balaban J connectivity index is 1.88. The van der Waals surface area contributed by atoms with Crippen molar-refractivity contribution in [2.45, 2.75) is 6.92 Å². The molecular weight excluding hydrogens is 252 g/mol. The van der Waals surface area contributed by atoms with Crippen LogP contribution in [-0.2, 0) is 10.0 Å². The van der Waals surface area contributed by atoms with Gasteiger partial charge in [-0.2, -0.15) is 0 Å². The van der Waals surface area contributed by atoms with Crippen LogP contribution < -0.4 is 4.90 Å². The summed E-state index contributed by atoms with van der Waals surface area (Å²) in [6.07, 6.45) is 2.98. The van der Waals surface area contributed by atoms with Crippen LogP contribution in [0, 0.1) is 12.8 Å². The minimum Gasteiger partial charge on any atom is -0.356 e. The topological polar surface area (TPSA) is 66.4 Å². The van der Waals surface area contributed by atoms with Gasteiger partial charge in [0.25, 0.3) is 0 Å². The van der Waals surface area contributed by atoms with Gasteiger partial charge in [-0.1, -0.05) is 0 Å². The Morgan fingerprint density at radius 3 is 2.72 bits per heavy atom.